The molecular formula is C19H21N3O5. The zero-order valence-corrected chi connectivity index (χ0v) is 15.6. The smallest absolute Gasteiger partial charge is 0.325 e. The summed E-state index contributed by atoms with van der Waals surface area (Å²) in [5.74, 6) is 0.868. The van der Waals surface area contributed by atoms with Crippen LogP contribution in [0.3, 0.4) is 0 Å². The minimum Gasteiger partial charge on any atom is -0.497 e. The van der Waals surface area contributed by atoms with Crippen LogP contribution in [-0.4, -0.2) is 36.4 Å². The van der Waals surface area contributed by atoms with Crippen molar-refractivity contribution in [2.75, 3.05) is 19.0 Å². The Bertz CT molecular complexity index is 903. The zero-order valence-electron chi connectivity index (χ0n) is 15.6. The molecule has 2 heterocycles. The SMILES string of the molecule is COc1ccc(NC(=O)CN2C(=O)N[C@](C)(c3cc(C)oc3C)C2=O)cc1. The Hall–Kier alpha value is -3.29. The van der Waals surface area contributed by atoms with Gasteiger partial charge in [0, 0.05) is 11.3 Å². The predicted molar refractivity (Wildman–Crippen MR) is 97.4 cm³/mol. The number of nitrogens with one attached hydrogen (secondary N) is 2. The van der Waals surface area contributed by atoms with Crippen LogP contribution >= 0.6 is 0 Å². The van der Waals surface area contributed by atoms with Gasteiger partial charge in [-0.25, -0.2) is 4.79 Å². The first-order chi connectivity index (χ1) is 12.7. The molecule has 4 amide bonds. The van der Waals surface area contributed by atoms with Crippen molar-refractivity contribution >= 4 is 23.5 Å². The van der Waals surface area contributed by atoms with E-state index in [0.717, 1.165) is 4.90 Å². The quantitative estimate of drug-likeness (QED) is 0.786. The Morgan fingerprint density at radius 1 is 1.26 bits per heavy atom. The molecule has 8 heteroatoms. The summed E-state index contributed by atoms with van der Waals surface area (Å²) in [4.78, 5) is 38.4. The van der Waals surface area contributed by atoms with Crippen molar-refractivity contribution in [3.63, 3.8) is 0 Å². The van der Waals surface area contributed by atoms with Gasteiger partial charge in [0.2, 0.25) is 5.91 Å². The van der Waals surface area contributed by atoms with Crippen LogP contribution in [0.25, 0.3) is 0 Å². The number of imide groups is 1. The molecule has 0 radical (unpaired) electrons. The highest BCUT2D eigenvalue weighted by molar-refractivity contribution is 6.10. The minimum absolute atomic E-state index is 0.387. The standard InChI is InChI=1S/C19H21N3O5/c1-11-9-15(12(2)27-11)19(3)17(24)22(18(25)21-19)10-16(23)20-13-5-7-14(26-4)8-6-13/h5-9H,10H2,1-4H3,(H,20,23)(H,21,25)/t19-/m1/s1. The number of anilines is 1. The second kappa shape index (κ2) is 6.79. The molecule has 1 atom stereocenters. The molecule has 0 spiro atoms. The topological polar surface area (TPSA) is 101 Å². The number of carbonyl (C=O) groups is 3. The number of hydrogen-bond donors (Lipinski definition) is 2. The van der Waals surface area contributed by atoms with E-state index in [1.54, 1.807) is 58.2 Å². The highest BCUT2D eigenvalue weighted by atomic mass is 16.5. The molecule has 1 aliphatic rings. The lowest BCUT2D eigenvalue weighted by Gasteiger charge is -2.21. The molecule has 1 aliphatic heterocycles. The number of benzene rings is 1. The van der Waals surface area contributed by atoms with Crippen LogP contribution in [0.5, 0.6) is 5.75 Å². The van der Waals surface area contributed by atoms with Gasteiger partial charge in [0.25, 0.3) is 5.91 Å². The molecule has 8 nitrogen and oxygen atoms in total. The van der Waals surface area contributed by atoms with Crippen molar-refractivity contribution in [2.24, 2.45) is 0 Å². The van der Waals surface area contributed by atoms with Gasteiger partial charge in [-0.05, 0) is 51.1 Å². The molecule has 0 unspecified atom stereocenters. The maximum absolute atomic E-state index is 12.9. The van der Waals surface area contributed by atoms with Crippen LogP contribution in [-0.2, 0) is 15.1 Å². The molecule has 1 aromatic heterocycles. The molecule has 2 N–H and O–H groups in total. The van der Waals surface area contributed by atoms with Gasteiger partial charge >= 0.3 is 6.03 Å². The van der Waals surface area contributed by atoms with Crippen LogP contribution < -0.4 is 15.4 Å². The Labute approximate surface area is 156 Å². The van der Waals surface area contributed by atoms with Crippen molar-refractivity contribution < 1.29 is 23.5 Å². The molecule has 3 rings (SSSR count). The van der Waals surface area contributed by atoms with E-state index in [4.69, 9.17) is 9.15 Å². The molecule has 142 valence electrons. The molecule has 0 saturated carbocycles. The number of carbonyl (C=O) groups excluding carboxylic acids is 3. The largest absolute Gasteiger partial charge is 0.497 e. The van der Waals surface area contributed by atoms with Gasteiger partial charge < -0.3 is 19.8 Å². The van der Waals surface area contributed by atoms with Gasteiger partial charge in [-0.2, -0.15) is 0 Å². The summed E-state index contributed by atoms with van der Waals surface area (Å²) in [5, 5.41) is 5.32. The normalized spacial score (nSPS) is 19.2. The fourth-order valence-corrected chi connectivity index (χ4v) is 3.17. The maximum atomic E-state index is 12.9. The van der Waals surface area contributed by atoms with Gasteiger partial charge in [0.05, 0.1) is 7.11 Å². The second-order valence-corrected chi connectivity index (χ2v) is 6.55. The third-order valence-corrected chi connectivity index (χ3v) is 4.53. The summed E-state index contributed by atoms with van der Waals surface area (Å²) in [6, 6.07) is 7.84. The lowest BCUT2D eigenvalue weighted by atomic mass is 9.92. The van der Waals surface area contributed by atoms with Gasteiger partial charge in [-0.3, -0.25) is 14.5 Å². The molecule has 0 aliphatic carbocycles. The van der Waals surface area contributed by atoms with E-state index in [-0.39, 0.29) is 6.54 Å². The molecule has 1 fully saturated rings. The van der Waals surface area contributed by atoms with Crippen LogP contribution in [0.4, 0.5) is 10.5 Å². The lowest BCUT2D eigenvalue weighted by Crippen LogP contribution is -2.42. The summed E-state index contributed by atoms with van der Waals surface area (Å²) in [6.07, 6.45) is 0. The van der Waals surface area contributed by atoms with E-state index in [0.29, 0.717) is 28.5 Å². The Balaban J connectivity index is 1.73. The third kappa shape index (κ3) is 3.38. The fourth-order valence-electron chi connectivity index (χ4n) is 3.17. The molecule has 1 aromatic carbocycles. The van der Waals surface area contributed by atoms with Crippen LogP contribution in [0.15, 0.2) is 34.7 Å². The number of amides is 4. The van der Waals surface area contributed by atoms with E-state index in [1.807, 2.05) is 0 Å². The predicted octanol–water partition coefficient (Wildman–Crippen LogP) is 2.31. The fraction of sp³-hybridized carbons (Fsp3) is 0.316. The number of urea groups is 1. The van der Waals surface area contributed by atoms with E-state index >= 15 is 0 Å². The number of nitrogens with zero attached hydrogens (tertiary/aromatic N) is 1. The Morgan fingerprint density at radius 2 is 1.93 bits per heavy atom. The number of furan rings is 1. The summed E-state index contributed by atoms with van der Waals surface area (Å²) in [6.45, 7) is 4.71. The molecule has 27 heavy (non-hydrogen) atoms. The van der Waals surface area contributed by atoms with Crippen molar-refractivity contribution in [2.45, 2.75) is 26.3 Å². The van der Waals surface area contributed by atoms with Gasteiger partial charge in [-0.15, -0.1) is 0 Å². The first-order valence-corrected chi connectivity index (χ1v) is 8.40. The van der Waals surface area contributed by atoms with E-state index < -0.39 is 23.4 Å². The number of ether oxygens (including phenoxy) is 1. The third-order valence-electron chi connectivity index (χ3n) is 4.53. The Kier molecular flexibility index (Phi) is 4.65. The summed E-state index contributed by atoms with van der Waals surface area (Å²) < 4.78 is 10.5. The van der Waals surface area contributed by atoms with Gasteiger partial charge in [0.15, 0.2) is 0 Å². The zero-order chi connectivity index (χ0) is 19.8. The highest BCUT2D eigenvalue weighted by Gasteiger charge is 2.51. The summed E-state index contributed by atoms with van der Waals surface area (Å²) in [5.41, 5.74) is -0.146. The lowest BCUT2D eigenvalue weighted by molar-refractivity contribution is -0.133. The number of methoxy groups -OCH3 is 1. The average molecular weight is 371 g/mol. The van der Waals surface area contributed by atoms with Gasteiger partial charge in [0.1, 0.15) is 29.4 Å². The summed E-state index contributed by atoms with van der Waals surface area (Å²) >= 11 is 0. The van der Waals surface area contributed by atoms with Crippen molar-refractivity contribution in [3.8, 4) is 5.75 Å². The minimum atomic E-state index is -1.26. The number of aryl methyl sites for hydroxylation is 2. The second-order valence-electron chi connectivity index (χ2n) is 6.55. The summed E-state index contributed by atoms with van der Waals surface area (Å²) in [7, 11) is 1.55. The van der Waals surface area contributed by atoms with Crippen LogP contribution in [0, 0.1) is 13.8 Å². The van der Waals surface area contributed by atoms with Crippen molar-refractivity contribution in [1.82, 2.24) is 10.2 Å². The molecule has 0 bridgehead atoms. The molecular weight excluding hydrogens is 350 g/mol. The van der Waals surface area contributed by atoms with Crippen molar-refractivity contribution in [3.05, 3.63) is 47.4 Å². The number of rotatable bonds is 5. The highest BCUT2D eigenvalue weighted by Crippen LogP contribution is 2.32. The van der Waals surface area contributed by atoms with Crippen molar-refractivity contribution in [1.29, 1.82) is 0 Å². The van der Waals surface area contributed by atoms with Crippen LogP contribution in [0.1, 0.15) is 24.0 Å². The van der Waals surface area contributed by atoms with E-state index in [1.165, 1.54) is 0 Å². The first kappa shape index (κ1) is 18.5. The van der Waals surface area contributed by atoms with Crippen LogP contribution in [0.2, 0.25) is 0 Å². The molecule has 2 aromatic rings. The average Bonchev–Trinajstić information content (AvgIpc) is 3.07. The molecule has 1 saturated heterocycles. The first-order valence-electron chi connectivity index (χ1n) is 8.40. The van der Waals surface area contributed by atoms with E-state index in [9.17, 15) is 14.4 Å². The number of hydrogen-bond acceptors (Lipinski definition) is 5. The Morgan fingerprint density at radius 3 is 2.48 bits per heavy atom. The monoisotopic (exact) mass is 371 g/mol. The van der Waals surface area contributed by atoms with E-state index in [2.05, 4.69) is 10.6 Å². The maximum Gasteiger partial charge on any atom is 0.325 e. The van der Waals surface area contributed by atoms with Gasteiger partial charge in [-0.1, -0.05) is 0 Å².